The smallest absolute Gasteiger partial charge is 0.358 e. The van der Waals surface area contributed by atoms with Crippen LogP contribution in [0.5, 0.6) is 0 Å². The van der Waals surface area contributed by atoms with E-state index in [1.807, 2.05) is 30.4 Å². The van der Waals surface area contributed by atoms with Gasteiger partial charge in [-0.1, -0.05) is 48.9 Å². The number of allylic oxidation sites excluding steroid dienone is 4. The maximum atomic E-state index is 3.76. The molecule has 0 fully saturated rings. The molecule has 0 aromatic heterocycles. The summed E-state index contributed by atoms with van der Waals surface area (Å²) < 4.78 is 0. The fourth-order valence-corrected chi connectivity index (χ4v) is 2.29. The molecule has 3 aromatic rings. The van der Waals surface area contributed by atoms with Crippen molar-refractivity contribution in [1.82, 2.24) is 0 Å². The summed E-state index contributed by atoms with van der Waals surface area (Å²) in [5.41, 5.74) is 2.65. The van der Waals surface area contributed by atoms with Gasteiger partial charge in [-0.25, -0.2) is 12.2 Å². The number of aryl methyl sites for hydroxylation is 1. The predicted molar refractivity (Wildman–Crippen MR) is 108 cm³/mol. The average Bonchev–Trinajstić information content (AvgIpc) is 3.28. The van der Waals surface area contributed by atoms with Crippen molar-refractivity contribution < 1.29 is 26.2 Å². The fourth-order valence-electron chi connectivity index (χ4n) is 2.29. The number of rotatable bonds is 1. The average molecular weight is 406 g/mol. The van der Waals surface area contributed by atoms with Gasteiger partial charge in [0.25, 0.3) is 0 Å². The van der Waals surface area contributed by atoms with Gasteiger partial charge < -0.3 is 14.4 Å². The first-order chi connectivity index (χ1) is 11.3. The first-order valence-electron chi connectivity index (χ1n) is 7.96. The van der Waals surface area contributed by atoms with Crippen molar-refractivity contribution in [3.8, 4) is 0 Å². The Morgan fingerprint density at radius 1 is 1.04 bits per heavy atom. The van der Waals surface area contributed by atoms with Crippen LogP contribution in [0.3, 0.4) is 0 Å². The molecule has 1 heteroatoms. The van der Waals surface area contributed by atoms with E-state index in [2.05, 4.69) is 74.5 Å². The summed E-state index contributed by atoms with van der Waals surface area (Å²) in [4.78, 5) is 0. The summed E-state index contributed by atoms with van der Waals surface area (Å²) in [5.74, 6) is 0. The van der Waals surface area contributed by atoms with Crippen molar-refractivity contribution in [2.45, 2.75) is 19.8 Å². The van der Waals surface area contributed by atoms with Crippen LogP contribution >= 0.6 is 0 Å². The molecule has 0 nitrogen and oxygen atoms in total. The molecule has 0 aliphatic heterocycles. The minimum Gasteiger partial charge on any atom is -0.358 e. The summed E-state index contributed by atoms with van der Waals surface area (Å²) in [7, 11) is 0. The van der Waals surface area contributed by atoms with E-state index in [-0.39, 0.29) is 33.6 Å². The standard InChI is InChI=1S/C10H9.C8H9.C5H5.CH3.Zr/c1-8-6-9-4-2-3-5-10(9)7-8;1-2-8-6-4-3-5-7-8;1-2-4-5-3-1;;/h2-7H,1H3;3-7H,1-2H2;1-3H,4H2;1H3;/q4*-1;+4. The van der Waals surface area contributed by atoms with Gasteiger partial charge in [0.1, 0.15) is 0 Å². The SMILES string of the molecule is Cc1cc2ccccc2[cH-]1.[C-]1=CC=CC1.[CH2-]Cc1ccccc1.[CH3-].[Zr+4]. The minimum atomic E-state index is 0. The molecular formula is C24H26Zr. The first-order valence-corrected chi connectivity index (χ1v) is 7.96. The maximum absolute atomic E-state index is 3.76. The Balaban J connectivity index is 0.000000349. The second kappa shape index (κ2) is 13.7. The largest absolute Gasteiger partial charge is 4.00 e. The van der Waals surface area contributed by atoms with Crippen LogP contribution < -0.4 is 0 Å². The fraction of sp³-hybridized carbons (Fsp3) is 0.125. The summed E-state index contributed by atoms with van der Waals surface area (Å²) in [6, 6.07) is 23.1. The molecule has 0 amide bonds. The van der Waals surface area contributed by atoms with Crippen LogP contribution in [0.1, 0.15) is 17.5 Å². The van der Waals surface area contributed by atoms with Gasteiger partial charge in [-0.05, 0) is 0 Å². The molecule has 0 bridgehead atoms. The molecule has 3 aromatic carbocycles. The zero-order valence-electron chi connectivity index (χ0n) is 15.2. The van der Waals surface area contributed by atoms with Gasteiger partial charge in [0, 0.05) is 0 Å². The van der Waals surface area contributed by atoms with E-state index in [1.54, 1.807) is 0 Å². The molecule has 0 radical (unpaired) electrons. The van der Waals surface area contributed by atoms with Crippen LogP contribution in [0.4, 0.5) is 0 Å². The Kier molecular flexibility index (Phi) is 12.8. The molecule has 1 aliphatic carbocycles. The third-order valence-corrected chi connectivity index (χ3v) is 3.48. The van der Waals surface area contributed by atoms with E-state index in [0.29, 0.717) is 0 Å². The zero-order valence-corrected chi connectivity index (χ0v) is 17.7. The van der Waals surface area contributed by atoms with Crippen LogP contribution in [0, 0.1) is 27.4 Å². The van der Waals surface area contributed by atoms with Crippen molar-refractivity contribution in [3.63, 3.8) is 0 Å². The summed E-state index contributed by atoms with van der Waals surface area (Å²) in [6.45, 7) is 5.88. The Morgan fingerprint density at radius 2 is 1.72 bits per heavy atom. The molecule has 1 aliphatic rings. The number of fused-ring (bicyclic) bond motifs is 1. The van der Waals surface area contributed by atoms with E-state index in [0.717, 1.165) is 12.8 Å². The van der Waals surface area contributed by atoms with Crippen molar-refractivity contribution in [2.75, 3.05) is 0 Å². The quantitative estimate of drug-likeness (QED) is 0.396. The Labute approximate surface area is 172 Å². The molecule has 25 heavy (non-hydrogen) atoms. The van der Waals surface area contributed by atoms with Gasteiger partial charge in [-0.15, -0.1) is 47.0 Å². The topological polar surface area (TPSA) is 0 Å². The normalized spacial score (nSPS) is 10.6. The molecule has 0 N–H and O–H groups in total. The molecule has 0 heterocycles. The van der Waals surface area contributed by atoms with Gasteiger partial charge >= 0.3 is 26.2 Å². The monoisotopic (exact) mass is 404 g/mol. The Bertz CT molecular complexity index is 705. The first kappa shape index (κ1) is 23.4. The maximum Gasteiger partial charge on any atom is 4.00 e. The molecule has 4 rings (SSSR count). The number of hydrogen-bond acceptors (Lipinski definition) is 0. The number of hydrogen-bond donors (Lipinski definition) is 0. The molecule has 0 saturated heterocycles. The number of benzene rings is 2. The Hall–Kier alpha value is -1.59. The van der Waals surface area contributed by atoms with Gasteiger partial charge in [0.05, 0.1) is 0 Å². The minimum absolute atomic E-state index is 0. The molecule has 0 spiro atoms. The molecule has 126 valence electrons. The van der Waals surface area contributed by atoms with Crippen LogP contribution in [0.15, 0.2) is 85.0 Å². The van der Waals surface area contributed by atoms with Crippen LogP contribution in [-0.4, -0.2) is 0 Å². The van der Waals surface area contributed by atoms with E-state index < -0.39 is 0 Å². The third kappa shape index (κ3) is 8.89. The van der Waals surface area contributed by atoms with Crippen molar-refractivity contribution in [3.05, 3.63) is 117 Å². The van der Waals surface area contributed by atoms with Crippen LogP contribution in [0.25, 0.3) is 10.8 Å². The Morgan fingerprint density at radius 3 is 2.20 bits per heavy atom. The zero-order chi connectivity index (χ0) is 16.3. The second-order valence-electron chi connectivity index (χ2n) is 5.40. The van der Waals surface area contributed by atoms with E-state index >= 15 is 0 Å². The van der Waals surface area contributed by atoms with Crippen molar-refractivity contribution >= 4 is 10.8 Å². The molecular weight excluding hydrogens is 379 g/mol. The predicted octanol–water partition coefficient (Wildman–Crippen LogP) is 6.68. The van der Waals surface area contributed by atoms with Crippen molar-refractivity contribution in [2.24, 2.45) is 0 Å². The van der Waals surface area contributed by atoms with E-state index in [9.17, 15) is 0 Å². The van der Waals surface area contributed by atoms with Crippen LogP contribution in [-0.2, 0) is 32.6 Å². The second-order valence-corrected chi connectivity index (χ2v) is 5.40. The molecule has 0 atom stereocenters. The molecule has 0 unspecified atom stereocenters. The van der Waals surface area contributed by atoms with Crippen LogP contribution in [0.2, 0.25) is 0 Å². The van der Waals surface area contributed by atoms with Gasteiger partial charge in [-0.2, -0.15) is 18.6 Å². The van der Waals surface area contributed by atoms with Gasteiger partial charge in [0.15, 0.2) is 0 Å². The molecule has 0 saturated carbocycles. The van der Waals surface area contributed by atoms with E-state index in [1.165, 1.54) is 21.9 Å². The summed E-state index contributed by atoms with van der Waals surface area (Å²) in [6.07, 6.45) is 10.9. The van der Waals surface area contributed by atoms with Gasteiger partial charge in [-0.3, -0.25) is 6.08 Å². The van der Waals surface area contributed by atoms with E-state index in [4.69, 9.17) is 0 Å². The summed E-state index contributed by atoms with van der Waals surface area (Å²) >= 11 is 0. The summed E-state index contributed by atoms with van der Waals surface area (Å²) in [5, 5.41) is 2.69. The third-order valence-electron chi connectivity index (χ3n) is 3.48. The van der Waals surface area contributed by atoms with Crippen molar-refractivity contribution in [1.29, 1.82) is 0 Å². The van der Waals surface area contributed by atoms with Gasteiger partial charge in [0.2, 0.25) is 0 Å².